The normalized spacial score (nSPS) is 10.9. The van der Waals surface area contributed by atoms with Gasteiger partial charge in [-0.05, 0) is 47.3 Å². The highest BCUT2D eigenvalue weighted by Crippen LogP contribution is 2.34. The Morgan fingerprint density at radius 2 is 1.85 bits per heavy atom. The van der Waals surface area contributed by atoms with Gasteiger partial charge in [0.15, 0.2) is 0 Å². The van der Waals surface area contributed by atoms with Gasteiger partial charge < -0.3 is 4.52 Å². The van der Waals surface area contributed by atoms with Crippen molar-refractivity contribution in [1.82, 2.24) is 25.4 Å². The predicted molar refractivity (Wildman–Crippen MR) is 101 cm³/mol. The predicted octanol–water partition coefficient (Wildman–Crippen LogP) is 4.21. The van der Waals surface area contributed by atoms with E-state index in [-0.39, 0.29) is 5.12 Å². The number of nitrogens with zero attached hydrogens (tertiary/aromatic N) is 5. The van der Waals surface area contributed by atoms with E-state index < -0.39 is 0 Å². The lowest BCUT2D eigenvalue weighted by Crippen LogP contribution is -2.03. The lowest BCUT2D eigenvalue weighted by Gasteiger charge is -2.05. The molecule has 0 radical (unpaired) electrons. The number of rotatable bonds is 4. The van der Waals surface area contributed by atoms with Crippen LogP contribution in [-0.4, -0.2) is 30.5 Å². The summed E-state index contributed by atoms with van der Waals surface area (Å²) in [4.78, 5) is 13.0. The van der Waals surface area contributed by atoms with Gasteiger partial charge in [0.25, 0.3) is 0 Å². The van der Waals surface area contributed by atoms with Gasteiger partial charge in [-0.2, -0.15) is 4.68 Å². The monoisotopic (exact) mass is 397 g/mol. The Bertz CT molecular complexity index is 1110. The number of tetrazole rings is 1. The number of hydrogen-bond acceptors (Lipinski definition) is 7. The van der Waals surface area contributed by atoms with Crippen molar-refractivity contribution in [3.63, 3.8) is 0 Å². The number of carbonyl (C=O) groups is 1. The second-order valence-corrected chi connectivity index (χ2v) is 6.89. The molecule has 4 rings (SSSR count). The highest BCUT2D eigenvalue weighted by Gasteiger charge is 2.25. The molecule has 134 valence electrons. The highest BCUT2D eigenvalue weighted by atomic mass is 35.5. The number of benzene rings is 2. The van der Waals surface area contributed by atoms with Crippen LogP contribution in [0, 0.1) is 6.92 Å². The molecule has 0 unspecified atom stereocenters. The number of aromatic nitrogens is 5. The van der Waals surface area contributed by atoms with Crippen LogP contribution >= 0.6 is 23.4 Å². The summed E-state index contributed by atoms with van der Waals surface area (Å²) in [7, 11) is 0. The maximum absolute atomic E-state index is 13.0. The third-order valence-corrected chi connectivity index (χ3v) is 4.98. The zero-order valence-electron chi connectivity index (χ0n) is 14.0. The number of para-hydroxylation sites is 1. The summed E-state index contributed by atoms with van der Waals surface area (Å²) in [6, 6.07) is 16.5. The molecule has 2 aromatic carbocycles. The first-order valence-corrected chi connectivity index (χ1v) is 9.11. The molecule has 7 nitrogen and oxygen atoms in total. The molecule has 0 spiro atoms. The molecule has 0 aliphatic carbocycles. The fourth-order valence-corrected chi connectivity index (χ4v) is 3.60. The number of carbonyl (C=O) groups excluding carboxylic acids is 1. The molecule has 0 aliphatic heterocycles. The van der Waals surface area contributed by atoms with Crippen LogP contribution in [0.3, 0.4) is 0 Å². The largest absolute Gasteiger partial charge is 0.360 e. The van der Waals surface area contributed by atoms with E-state index in [1.807, 2.05) is 42.5 Å². The van der Waals surface area contributed by atoms with Crippen LogP contribution in [0.5, 0.6) is 0 Å². The minimum atomic E-state index is -0.282. The Morgan fingerprint density at radius 3 is 2.63 bits per heavy atom. The Morgan fingerprint density at radius 1 is 1.11 bits per heavy atom. The summed E-state index contributed by atoms with van der Waals surface area (Å²) in [6.07, 6.45) is 0. The average molecular weight is 398 g/mol. The van der Waals surface area contributed by atoms with Crippen LogP contribution in [-0.2, 0) is 0 Å². The Balaban J connectivity index is 1.70. The average Bonchev–Trinajstić information content (AvgIpc) is 3.29. The first-order chi connectivity index (χ1) is 13.1. The SMILES string of the molecule is Cc1onc(-c2ccccc2Cl)c1C(=O)Sc1nnnn1-c1ccccc1. The summed E-state index contributed by atoms with van der Waals surface area (Å²) >= 11 is 7.16. The van der Waals surface area contributed by atoms with Crippen molar-refractivity contribution in [3.05, 3.63) is 70.9 Å². The van der Waals surface area contributed by atoms with Gasteiger partial charge in [0, 0.05) is 5.56 Å². The molecule has 2 aromatic heterocycles. The Labute approximate surface area is 163 Å². The molecule has 0 saturated heterocycles. The molecule has 0 saturated carbocycles. The lowest BCUT2D eigenvalue weighted by atomic mass is 10.1. The van der Waals surface area contributed by atoms with E-state index in [0.29, 0.717) is 32.8 Å². The van der Waals surface area contributed by atoms with Gasteiger partial charge in [0.2, 0.25) is 10.3 Å². The first kappa shape index (κ1) is 17.4. The molecular weight excluding hydrogens is 386 g/mol. The van der Waals surface area contributed by atoms with Crippen LogP contribution < -0.4 is 0 Å². The van der Waals surface area contributed by atoms with Crippen LogP contribution in [0.1, 0.15) is 16.1 Å². The third-order valence-electron chi connectivity index (χ3n) is 3.82. The summed E-state index contributed by atoms with van der Waals surface area (Å²) < 4.78 is 6.76. The summed E-state index contributed by atoms with van der Waals surface area (Å²) in [5.74, 6) is 0.404. The van der Waals surface area contributed by atoms with Crippen molar-refractivity contribution < 1.29 is 9.32 Å². The number of halogens is 1. The minimum Gasteiger partial charge on any atom is -0.360 e. The molecule has 0 bridgehead atoms. The molecule has 0 N–H and O–H groups in total. The lowest BCUT2D eigenvalue weighted by molar-refractivity contribution is 0.108. The van der Waals surface area contributed by atoms with E-state index in [4.69, 9.17) is 16.1 Å². The van der Waals surface area contributed by atoms with Crippen molar-refractivity contribution in [1.29, 1.82) is 0 Å². The van der Waals surface area contributed by atoms with Gasteiger partial charge in [0.1, 0.15) is 11.5 Å². The van der Waals surface area contributed by atoms with E-state index in [9.17, 15) is 4.79 Å². The van der Waals surface area contributed by atoms with Crippen molar-refractivity contribution in [2.45, 2.75) is 12.1 Å². The van der Waals surface area contributed by atoms with Gasteiger partial charge in [-0.15, -0.1) is 5.10 Å². The second kappa shape index (κ2) is 7.34. The number of aryl methyl sites for hydroxylation is 1. The standard InChI is InChI=1S/C18H12ClN5O2S/c1-11-15(16(21-26-11)13-9-5-6-10-14(13)19)17(25)27-18-20-22-23-24(18)12-7-3-2-4-8-12/h2-10H,1H3. The second-order valence-electron chi connectivity index (χ2n) is 5.54. The van der Waals surface area contributed by atoms with Crippen molar-refractivity contribution >= 4 is 28.5 Å². The Kier molecular flexibility index (Phi) is 4.74. The molecule has 0 aliphatic rings. The Hall–Kier alpha value is -2.97. The van der Waals surface area contributed by atoms with Crippen LogP contribution in [0.15, 0.2) is 64.3 Å². The maximum atomic E-state index is 13.0. The van der Waals surface area contributed by atoms with Crippen LogP contribution in [0.2, 0.25) is 5.02 Å². The van der Waals surface area contributed by atoms with Gasteiger partial charge in [-0.3, -0.25) is 4.79 Å². The van der Waals surface area contributed by atoms with Crippen molar-refractivity contribution in [2.24, 2.45) is 0 Å². The fourth-order valence-electron chi connectivity index (χ4n) is 2.56. The molecule has 4 aromatic rings. The van der Waals surface area contributed by atoms with Gasteiger partial charge in [-0.1, -0.05) is 53.2 Å². The van der Waals surface area contributed by atoms with Gasteiger partial charge >= 0.3 is 0 Å². The fraction of sp³-hybridized carbons (Fsp3) is 0.0556. The van der Waals surface area contributed by atoms with Crippen LogP contribution in [0.25, 0.3) is 16.9 Å². The topological polar surface area (TPSA) is 86.7 Å². The molecule has 2 heterocycles. The summed E-state index contributed by atoms with van der Waals surface area (Å²) in [5.41, 5.74) is 2.12. The molecule has 27 heavy (non-hydrogen) atoms. The third kappa shape index (κ3) is 3.36. The molecular formula is C18H12ClN5O2S. The maximum Gasteiger partial charge on any atom is 0.232 e. The van der Waals surface area contributed by atoms with E-state index in [2.05, 4.69) is 20.7 Å². The first-order valence-electron chi connectivity index (χ1n) is 7.92. The van der Waals surface area contributed by atoms with Crippen molar-refractivity contribution in [2.75, 3.05) is 0 Å². The summed E-state index contributed by atoms with van der Waals surface area (Å²) in [6.45, 7) is 1.68. The number of hydrogen-bond donors (Lipinski definition) is 0. The molecule has 0 atom stereocenters. The van der Waals surface area contributed by atoms with Gasteiger partial charge in [0.05, 0.1) is 16.3 Å². The van der Waals surface area contributed by atoms with Crippen LogP contribution in [0.4, 0.5) is 0 Å². The smallest absolute Gasteiger partial charge is 0.232 e. The van der Waals surface area contributed by atoms with Gasteiger partial charge in [-0.25, -0.2) is 0 Å². The highest BCUT2D eigenvalue weighted by molar-refractivity contribution is 8.14. The summed E-state index contributed by atoms with van der Waals surface area (Å²) in [5, 5.41) is 16.2. The number of thioether (sulfide) groups is 1. The van der Waals surface area contributed by atoms with Crippen molar-refractivity contribution in [3.8, 4) is 16.9 Å². The quantitative estimate of drug-likeness (QED) is 0.476. The zero-order chi connectivity index (χ0) is 18.8. The van der Waals surface area contributed by atoms with E-state index in [1.54, 1.807) is 19.1 Å². The molecule has 9 heteroatoms. The zero-order valence-corrected chi connectivity index (χ0v) is 15.6. The van der Waals surface area contributed by atoms with E-state index in [1.165, 1.54) is 4.68 Å². The van der Waals surface area contributed by atoms with E-state index in [0.717, 1.165) is 17.4 Å². The van der Waals surface area contributed by atoms with E-state index >= 15 is 0 Å². The minimum absolute atomic E-state index is 0.282. The molecule has 0 fully saturated rings. The molecule has 0 amide bonds.